The molecule has 3 N–H and O–H groups in total. The molecule has 88 valence electrons. The molecule has 7 heteroatoms. The summed E-state index contributed by atoms with van der Waals surface area (Å²) in [6.07, 6.45) is -4.58. The smallest absolute Gasteiger partial charge is 0.393 e. The van der Waals surface area contributed by atoms with E-state index in [2.05, 4.69) is 5.32 Å². The van der Waals surface area contributed by atoms with Gasteiger partial charge in [-0.25, -0.2) is 0 Å². The molecule has 0 aromatic rings. The van der Waals surface area contributed by atoms with E-state index in [1.165, 1.54) is 6.92 Å². The van der Waals surface area contributed by atoms with Gasteiger partial charge in [-0.3, -0.25) is 0 Å². The molecule has 0 heterocycles. The average Bonchev–Trinajstić information content (AvgIpc) is 2.10. The molecule has 15 heavy (non-hydrogen) atoms. The van der Waals surface area contributed by atoms with Crippen LogP contribution >= 0.6 is 0 Å². The lowest BCUT2D eigenvalue weighted by Gasteiger charge is -2.22. The number of alkyl halides is 3. The van der Waals surface area contributed by atoms with Crippen molar-refractivity contribution < 1.29 is 23.4 Å². The van der Waals surface area contributed by atoms with Crippen molar-refractivity contribution in [2.24, 2.45) is 5.92 Å². The van der Waals surface area contributed by atoms with Crippen molar-refractivity contribution >= 4 is 0 Å². The molecule has 0 aliphatic heterocycles. The number of nitrogens with zero attached hydrogens (tertiary/aromatic N) is 1. The van der Waals surface area contributed by atoms with Crippen molar-refractivity contribution in [1.29, 1.82) is 5.26 Å². The van der Waals surface area contributed by atoms with Crippen molar-refractivity contribution in [2.75, 3.05) is 19.7 Å². The summed E-state index contributed by atoms with van der Waals surface area (Å²) in [5, 5.41) is 28.3. The van der Waals surface area contributed by atoms with Crippen LogP contribution in [0.5, 0.6) is 0 Å². The highest BCUT2D eigenvalue weighted by molar-refractivity contribution is 4.90. The molecular formula is C8H13F3N2O2. The minimum absolute atomic E-state index is 0.211. The van der Waals surface area contributed by atoms with Crippen LogP contribution in [-0.4, -0.2) is 41.7 Å². The Kier molecular flexibility index (Phi) is 5.00. The standard InChI is InChI=1S/C8H13F3N2O2/c1-7(15,5-14)4-13-3-6(2-12)8(9,10)11/h6,13-15H,3-5H2,1H3. The van der Waals surface area contributed by atoms with Gasteiger partial charge in [0, 0.05) is 13.1 Å². The number of nitriles is 1. The van der Waals surface area contributed by atoms with E-state index < -0.39 is 30.8 Å². The summed E-state index contributed by atoms with van der Waals surface area (Å²) in [4.78, 5) is 0. The summed E-state index contributed by atoms with van der Waals surface area (Å²) in [6, 6.07) is 1.11. The fourth-order valence-electron chi connectivity index (χ4n) is 0.776. The summed E-state index contributed by atoms with van der Waals surface area (Å²) < 4.78 is 36.1. The number of aliphatic hydroxyl groups is 2. The maximum Gasteiger partial charge on any atom is 0.405 e. The molecule has 0 rings (SSSR count). The topological polar surface area (TPSA) is 76.3 Å². The van der Waals surface area contributed by atoms with Crippen LogP contribution in [0.4, 0.5) is 13.2 Å². The van der Waals surface area contributed by atoms with Crippen LogP contribution in [0.25, 0.3) is 0 Å². The Morgan fingerprint density at radius 2 is 2.00 bits per heavy atom. The number of hydrogen-bond donors (Lipinski definition) is 3. The van der Waals surface area contributed by atoms with E-state index in [1.807, 2.05) is 0 Å². The van der Waals surface area contributed by atoms with E-state index in [-0.39, 0.29) is 6.54 Å². The van der Waals surface area contributed by atoms with Gasteiger partial charge in [0.25, 0.3) is 0 Å². The fourth-order valence-corrected chi connectivity index (χ4v) is 0.776. The van der Waals surface area contributed by atoms with Crippen LogP contribution in [0.3, 0.4) is 0 Å². The van der Waals surface area contributed by atoms with E-state index in [1.54, 1.807) is 0 Å². The zero-order valence-electron chi connectivity index (χ0n) is 8.17. The van der Waals surface area contributed by atoms with Crippen molar-refractivity contribution in [3.05, 3.63) is 0 Å². The number of aliphatic hydroxyl groups excluding tert-OH is 1. The van der Waals surface area contributed by atoms with E-state index >= 15 is 0 Å². The van der Waals surface area contributed by atoms with Crippen molar-refractivity contribution in [3.63, 3.8) is 0 Å². The minimum Gasteiger partial charge on any atom is -0.393 e. The van der Waals surface area contributed by atoms with Gasteiger partial charge in [0.1, 0.15) is 0 Å². The summed E-state index contributed by atoms with van der Waals surface area (Å²) in [5.41, 5.74) is -1.48. The van der Waals surface area contributed by atoms with Gasteiger partial charge in [0.15, 0.2) is 5.92 Å². The molecule has 0 saturated carbocycles. The first kappa shape index (κ1) is 14.2. The van der Waals surface area contributed by atoms with Gasteiger partial charge in [0.05, 0.1) is 18.3 Å². The van der Waals surface area contributed by atoms with E-state index in [4.69, 9.17) is 10.4 Å². The molecular weight excluding hydrogens is 213 g/mol. The Morgan fingerprint density at radius 3 is 2.33 bits per heavy atom. The summed E-state index contributed by atoms with van der Waals surface area (Å²) in [5.74, 6) is -2.10. The second-order valence-electron chi connectivity index (χ2n) is 3.51. The third kappa shape index (κ3) is 5.57. The number of hydrogen-bond acceptors (Lipinski definition) is 4. The highest BCUT2D eigenvalue weighted by Gasteiger charge is 2.39. The Morgan fingerprint density at radius 1 is 1.47 bits per heavy atom. The Hall–Kier alpha value is -0.840. The number of nitrogens with one attached hydrogen (secondary N) is 1. The molecule has 0 aliphatic rings. The first-order valence-corrected chi connectivity index (χ1v) is 4.23. The van der Waals surface area contributed by atoms with Gasteiger partial charge in [0.2, 0.25) is 0 Å². The molecule has 4 nitrogen and oxygen atoms in total. The van der Waals surface area contributed by atoms with Gasteiger partial charge in [-0.1, -0.05) is 0 Å². The largest absolute Gasteiger partial charge is 0.405 e. The Balaban J connectivity index is 4.01. The lowest BCUT2D eigenvalue weighted by molar-refractivity contribution is -0.158. The van der Waals surface area contributed by atoms with Gasteiger partial charge in [-0.15, -0.1) is 0 Å². The number of rotatable bonds is 5. The zero-order chi connectivity index (χ0) is 12.1. The molecule has 0 aromatic heterocycles. The van der Waals surface area contributed by atoms with E-state index in [0.29, 0.717) is 0 Å². The molecule has 0 fully saturated rings. The van der Waals surface area contributed by atoms with Gasteiger partial charge < -0.3 is 15.5 Å². The average molecular weight is 226 g/mol. The predicted molar refractivity (Wildman–Crippen MR) is 45.7 cm³/mol. The third-order valence-electron chi connectivity index (χ3n) is 1.75. The van der Waals surface area contributed by atoms with Gasteiger partial charge in [-0.05, 0) is 6.92 Å². The van der Waals surface area contributed by atoms with Gasteiger partial charge in [-0.2, -0.15) is 18.4 Å². The van der Waals surface area contributed by atoms with Crippen molar-refractivity contribution in [3.8, 4) is 6.07 Å². The number of halogens is 3. The normalized spacial score (nSPS) is 17.9. The molecule has 0 bridgehead atoms. The third-order valence-corrected chi connectivity index (χ3v) is 1.75. The first-order chi connectivity index (χ1) is 6.73. The van der Waals surface area contributed by atoms with Crippen LogP contribution < -0.4 is 5.32 Å². The molecule has 2 unspecified atom stereocenters. The molecule has 0 aromatic carbocycles. The minimum atomic E-state index is -4.58. The van der Waals surface area contributed by atoms with E-state index in [9.17, 15) is 18.3 Å². The van der Waals surface area contributed by atoms with Crippen LogP contribution in [0.1, 0.15) is 6.92 Å². The van der Waals surface area contributed by atoms with Gasteiger partial charge >= 0.3 is 6.18 Å². The zero-order valence-corrected chi connectivity index (χ0v) is 8.17. The van der Waals surface area contributed by atoms with Crippen molar-refractivity contribution in [1.82, 2.24) is 5.32 Å². The lowest BCUT2D eigenvalue weighted by Crippen LogP contribution is -2.44. The molecule has 0 aliphatic carbocycles. The van der Waals surface area contributed by atoms with Crippen LogP contribution in [0, 0.1) is 17.2 Å². The lowest BCUT2D eigenvalue weighted by atomic mass is 10.1. The predicted octanol–water partition coefficient (Wildman–Crippen LogP) is 0.0214. The summed E-state index contributed by atoms with van der Waals surface area (Å²) >= 11 is 0. The molecule has 0 radical (unpaired) electrons. The van der Waals surface area contributed by atoms with Crippen LogP contribution in [0.2, 0.25) is 0 Å². The Labute approximate surface area is 85.3 Å². The molecule has 0 spiro atoms. The first-order valence-electron chi connectivity index (χ1n) is 4.23. The fraction of sp³-hybridized carbons (Fsp3) is 0.875. The Bertz CT molecular complexity index is 235. The van der Waals surface area contributed by atoms with Crippen LogP contribution in [-0.2, 0) is 0 Å². The van der Waals surface area contributed by atoms with E-state index in [0.717, 1.165) is 6.07 Å². The monoisotopic (exact) mass is 226 g/mol. The maximum absolute atomic E-state index is 12.0. The van der Waals surface area contributed by atoms with Crippen molar-refractivity contribution in [2.45, 2.75) is 18.7 Å². The SMILES string of the molecule is CC(O)(CO)CNCC(C#N)C(F)(F)F. The highest BCUT2D eigenvalue weighted by atomic mass is 19.4. The molecule has 0 amide bonds. The highest BCUT2D eigenvalue weighted by Crippen LogP contribution is 2.24. The summed E-state index contributed by atoms with van der Waals surface area (Å²) in [6.45, 7) is -0.105. The quantitative estimate of drug-likeness (QED) is 0.617. The second-order valence-corrected chi connectivity index (χ2v) is 3.51. The summed E-state index contributed by atoms with van der Waals surface area (Å²) in [7, 11) is 0. The maximum atomic E-state index is 12.0. The molecule has 2 atom stereocenters. The second kappa shape index (κ2) is 5.30. The van der Waals surface area contributed by atoms with Crippen LogP contribution in [0.15, 0.2) is 0 Å². The molecule has 0 saturated heterocycles.